The van der Waals surface area contributed by atoms with E-state index in [4.69, 9.17) is 5.73 Å². The number of hydrogen-bond acceptors (Lipinski definition) is 3. The van der Waals surface area contributed by atoms with Crippen molar-refractivity contribution in [2.24, 2.45) is 7.05 Å². The molecule has 0 saturated heterocycles. The van der Waals surface area contributed by atoms with E-state index in [2.05, 4.69) is 33.3 Å². The van der Waals surface area contributed by atoms with Gasteiger partial charge in [0.05, 0.1) is 17.1 Å². The highest BCUT2D eigenvalue weighted by molar-refractivity contribution is 9.10. The Hall–Kier alpha value is -1.49. The molecule has 0 saturated carbocycles. The summed E-state index contributed by atoms with van der Waals surface area (Å²) < 4.78 is 2.89. The lowest BCUT2D eigenvalue weighted by Gasteiger charge is -2.10. The summed E-state index contributed by atoms with van der Waals surface area (Å²) in [5, 5.41) is 7.75. The van der Waals surface area contributed by atoms with Crippen LogP contribution in [0.2, 0.25) is 0 Å². The van der Waals surface area contributed by atoms with Gasteiger partial charge in [0.25, 0.3) is 0 Å². The Kier molecular flexibility index (Phi) is 3.61. The molecule has 96 valence electrons. The number of rotatable bonds is 3. The van der Waals surface area contributed by atoms with Crippen molar-refractivity contribution in [3.8, 4) is 0 Å². The van der Waals surface area contributed by atoms with Crippen LogP contribution in [0.5, 0.6) is 0 Å². The first-order valence-electron chi connectivity index (χ1n) is 5.77. The molecule has 0 atom stereocenters. The molecule has 1 heterocycles. The van der Waals surface area contributed by atoms with Gasteiger partial charge in [0.15, 0.2) is 0 Å². The van der Waals surface area contributed by atoms with Gasteiger partial charge in [-0.25, -0.2) is 0 Å². The van der Waals surface area contributed by atoms with E-state index in [0.717, 1.165) is 28.1 Å². The van der Waals surface area contributed by atoms with Crippen LogP contribution in [-0.2, 0) is 13.6 Å². The van der Waals surface area contributed by atoms with Crippen LogP contribution in [0.4, 0.5) is 11.4 Å². The second-order valence-electron chi connectivity index (χ2n) is 4.36. The van der Waals surface area contributed by atoms with E-state index < -0.39 is 0 Å². The van der Waals surface area contributed by atoms with Crippen molar-refractivity contribution in [2.75, 3.05) is 11.1 Å². The maximum atomic E-state index is 5.95. The van der Waals surface area contributed by atoms with Crippen LogP contribution in [0.25, 0.3) is 0 Å². The van der Waals surface area contributed by atoms with Crippen molar-refractivity contribution >= 4 is 27.3 Å². The summed E-state index contributed by atoms with van der Waals surface area (Å²) in [6.45, 7) is 4.83. The lowest BCUT2D eigenvalue weighted by Crippen LogP contribution is -2.04. The number of nitrogen functional groups attached to an aromatic ring is 1. The SMILES string of the molecule is Cc1nn(C)c(C)c1CNc1ccc(Br)cc1N. The fraction of sp³-hybridized carbons (Fsp3) is 0.308. The summed E-state index contributed by atoms with van der Waals surface area (Å²) in [5.74, 6) is 0. The van der Waals surface area contributed by atoms with Crippen LogP contribution in [0.3, 0.4) is 0 Å². The van der Waals surface area contributed by atoms with Crippen molar-refractivity contribution < 1.29 is 0 Å². The highest BCUT2D eigenvalue weighted by Crippen LogP contribution is 2.24. The van der Waals surface area contributed by atoms with Crippen LogP contribution in [0.15, 0.2) is 22.7 Å². The van der Waals surface area contributed by atoms with E-state index >= 15 is 0 Å². The van der Waals surface area contributed by atoms with Crippen LogP contribution >= 0.6 is 15.9 Å². The molecule has 4 nitrogen and oxygen atoms in total. The molecule has 0 fully saturated rings. The topological polar surface area (TPSA) is 55.9 Å². The Bertz CT molecular complexity index is 575. The minimum Gasteiger partial charge on any atom is -0.397 e. The average Bonchev–Trinajstić information content (AvgIpc) is 2.53. The second-order valence-corrected chi connectivity index (χ2v) is 5.27. The molecule has 0 aliphatic rings. The van der Waals surface area contributed by atoms with E-state index in [0.29, 0.717) is 0 Å². The maximum absolute atomic E-state index is 5.95. The molecule has 1 aromatic heterocycles. The minimum absolute atomic E-state index is 0.733. The molecule has 0 spiro atoms. The van der Waals surface area contributed by atoms with Crippen molar-refractivity contribution in [2.45, 2.75) is 20.4 Å². The Balaban J connectivity index is 2.16. The zero-order valence-electron chi connectivity index (χ0n) is 10.8. The highest BCUT2D eigenvalue weighted by atomic mass is 79.9. The Morgan fingerprint density at radius 1 is 1.39 bits per heavy atom. The summed E-state index contributed by atoms with van der Waals surface area (Å²) in [6.07, 6.45) is 0. The molecule has 0 aliphatic heterocycles. The third kappa shape index (κ3) is 2.51. The van der Waals surface area contributed by atoms with Gasteiger partial charge in [-0.15, -0.1) is 0 Å². The molecule has 0 amide bonds. The van der Waals surface area contributed by atoms with Crippen molar-refractivity contribution in [3.63, 3.8) is 0 Å². The Morgan fingerprint density at radius 3 is 2.67 bits per heavy atom. The molecular weight excluding hydrogens is 292 g/mol. The third-order valence-electron chi connectivity index (χ3n) is 3.13. The quantitative estimate of drug-likeness (QED) is 0.857. The highest BCUT2D eigenvalue weighted by Gasteiger charge is 2.09. The summed E-state index contributed by atoms with van der Waals surface area (Å²) in [5.41, 5.74) is 11.1. The molecule has 2 rings (SSSR count). The van der Waals surface area contributed by atoms with Crippen LogP contribution in [0, 0.1) is 13.8 Å². The number of aromatic nitrogens is 2. The van der Waals surface area contributed by atoms with Gasteiger partial charge in [-0.1, -0.05) is 15.9 Å². The zero-order valence-corrected chi connectivity index (χ0v) is 12.4. The molecule has 0 unspecified atom stereocenters. The van der Waals surface area contributed by atoms with Crippen LogP contribution < -0.4 is 11.1 Å². The van der Waals surface area contributed by atoms with Crippen molar-refractivity contribution in [1.82, 2.24) is 9.78 Å². The lowest BCUT2D eigenvalue weighted by molar-refractivity contribution is 0.730. The summed E-state index contributed by atoms with van der Waals surface area (Å²) in [6, 6.07) is 5.84. The van der Waals surface area contributed by atoms with Gasteiger partial charge in [-0.3, -0.25) is 4.68 Å². The standard InChI is InChI=1S/C13H17BrN4/c1-8-11(9(2)18(3)17-8)7-16-13-5-4-10(14)6-12(13)15/h4-6,16H,7,15H2,1-3H3. The van der Waals surface area contributed by atoms with Crippen LogP contribution in [-0.4, -0.2) is 9.78 Å². The largest absolute Gasteiger partial charge is 0.397 e. The first kappa shape index (κ1) is 13.0. The summed E-state index contributed by atoms with van der Waals surface area (Å²) >= 11 is 3.40. The minimum atomic E-state index is 0.733. The van der Waals surface area contributed by atoms with Crippen LogP contribution in [0.1, 0.15) is 17.0 Å². The molecule has 0 aliphatic carbocycles. The smallest absolute Gasteiger partial charge is 0.0646 e. The van der Waals surface area contributed by atoms with E-state index in [1.807, 2.05) is 36.9 Å². The lowest BCUT2D eigenvalue weighted by atomic mass is 10.2. The van der Waals surface area contributed by atoms with E-state index in [1.165, 1.54) is 11.3 Å². The number of nitrogens with one attached hydrogen (secondary N) is 1. The van der Waals surface area contributed by atoms with Gasteiger partial charge in [0.1, 0.15) is 0 Å². The molecular formula is C13H17BrN4. The van der Waals surface area contributed by atoms with Gasteiger partial charge in [-0.2, -0.15) is 5.10 Å². The first-order chi connectivity index (χ1) is 8.49. The number of hydrogen-bond donors (Lipinski definition) is 2. The molecule has 2 aromatic rings. The normalized spacial score (nSPS) is 10.7. The Labute approximate surface area is 115 Å². The first-order valence-corrected chi connectivity index (χ1v) is 6.56. The number of aryl methyl sites for hydroxylation is 2. The predicted octanol–water partition coefficient (Wildman–Crippen LogP) is 2.99. The molecule has 0 radical (unpaired) electrons. The fourth-order valence-corrected chi connectivity index (χ4v) is 2.33. The molecule has 3 N–H and O–H groups in total. The van der Waals surface area contributed by atoms with Crippen molar-refractivity contribution in [1.29, 1.82) is 0 Å². The van der Waals surface area contributed by atoms with E-state index in [1.54, 1.807) is 0 Å². The number of benzene rings is 1. The number of halogens is 1. The number of nitrogens with zero attached hydrogens (tertiary/aromatic N) is 2. The zero-order chi connectivity index (χ0) is 13.3. The van der Waals surface area contributed by atoms with Crippen molar-refractivity contribution in [3.05, 3.63) is 39.6 Å². The number of anilines is 2. The van der Waals surface area contributed by atoms with Gasteiger partial charge in [-0.05, 0) is 32.0 Å². The monoisotopic (exact) mass is 308 g/mol. The molecule has 1 aromatic carbocycles. The predicted molar refractivity (Wildman–Crippen MR) is 78.6 cm³/mol. The average molecular weight is 309 g/mol. The Morgan fingerprint density at radius 2 is 2.11 bits per heavy atom. The summed E-state index contributed by atoms with van der Waals surface area (Å²) in [4.78, 5) is 0. The number of nitrogens with two attached hydrogens (primary N) is 1. The third-order valence-corrected chi connectivity index (χ3v) is 3.62. The van der Waals surface area contributed by atoms with Gasteiger partial charge in [0.2, 0.25) is 0 Å². The van der Waals surface area contributed by atoms with E-state index in [-0.39, 0.29) is 0 Å². The van der Waals surface area contributed by atoms with Gasteiger partial charge < -0.3 is 11.1 Å². The second kappa shape index (κ2) is 5.02. The fourth-order valence-electron chi connectivity index (χ4n) is 1.95. The maximum Gasteiger partial charge on any atom is 0.0646 e. The molecule has 5 heteroatoms. The van der Waals surface area contributed by atoms with Gasteiger partial charge in [0, 0.05) is 29.3 Å². The molecule has 0 bridgehead atoms. The summed E-state index contributed by atoms with van der Waals surface area (Å²) in [7, 11) is 1.96. The van der Waals surface area contributed by atoms with Gasteiger partial charge >= 0.3 is 0 Å². The molecule has 18 heavy (non-hydrogen) atoms. The van der Waals surface area contributed by atoms with E-state index in [9.17, 15) is 0 Å².